The SMILES string of the molecule is Cc1ccc(-c2cc(C(F)(F)F)nn2-c2ccc(S(=O)(=O)NC(=O)OCC3CCN([N+]([O-])=NOCN4C(=O)c5ccccc5C4=O)CC3)cc2)cc1. The van der Waals surface area contributed by atoms with Crippen LogP contribution in [0.3, 0.4) is 0 Å². The zero-order chi connectivity index (χ0) is 37.2. The zero-order valence-electron chi connectivity index (χ0n) is 27.3. The number of ether oxygens (including phenoxy) is 1. The smallest absolute Gasteiger partial charge is 0.435 e. The number of carbonyl (C=O) groups excluding carboxylic acids is 3. The summed E-state index contributed by atoms with van der Waals surface area (Å²) in [4.78, 5) is 42.9. The second kappa shape index (κ2) is 14.3. The Morgan fingerprint density at radius 2 is 1.62 bits per heavy atom. The fraction of sp³-hybridized carbons (Fsp3) is 0.273. The fourth-order valence-electron chi connectivity index (χ4n) is 5.60. The number of imide groups is 1. The van der Waals surface area contributed by atoms with Gasteiger partial charge in [-0.25, -0.2) is 27.5 Å². The number of benzene rings is 3. The van der Waals surface area contributed by atoms with Crippen LogP contribution in [0.2, 0.25) is 0 Å². The predicted octanol–water partition coefficient (Wildman–Crippen LogP) is 5.06. The minimum Gasteiger partial charge on any atom is -0.569 e. The van der Waals surface area contributed by atoms with Crippen molar-refractivity contribution in [1.82, 2.24) is 24.4 Å². The van der Waals surface area contributed by atoms with E-state index in [0.29, 0.717) is 18.4 Å². The number of nitrogens with zero attached hydrogens (tertiary/aromatic N) is 6. The molecule has 2 aliphatic heterocycles. The van der Waals surface area contributed by atoms with Crippen molar-refractivity contribution in [3.8, 4) is 16.9 Å². The molecule has 3 heterocycles. The molecule has 1 fully saturated rings. The topological polar surface area (TPSA) is 179 Å². The summed E-state index contributed by atoms with van der Waals surface area (Å²) in [7, 11) is -4.42. The number of fused-ring (bicyclic) bond motifs is 1. The van der Waals surface area contributed by atoms with Crippen LogP contribution < -0.4 is 4.72 Å². The van der Waals surface area contributed by atoms with Crippen LogP contribution in [0.5, 0.6) is 0 Å². The lowest BCUT2D eigenvalue weighted by atomic mass is 9.99. The zero-order valence-corrected chi connectivity index (χ0v) is 28.1. The van der Waals surface area contributed by atoms with E-state index < -0.39 is 46.5 Å². The molecule has 0 unspecified atom stereocenters. The van der Waals surface area contributed by atoms with Gasteiger partial charge in [0.05, 0.1) is 52.1 Å². The normalized spacial score (nSPS) is 15.5. The minimum absolute atomic E-state index is 0.140. The van der Waals surface area contributed by atoms with Crippen molar-refractivity contribution in [3.63, 3.8) is 0 Å². The molecular formula is C33H30F3N7O8S. The van der Waals surface area contributed by atoms with Crippen molar-refractivity contribution in [1.29, 1.82) is 0 Å². The summed E-state index contributed by atoms with van der Waals surface area (Å²) >= 11 is 0. The molecular weight excluding hydrogens is 711 g/mol. The van der Waals surface area contributed by atoms with E-state index in [4.69, 9.17) is 9.57 Å². The number of sulfonamides is 1. The molecule has 0 bridgehead atoms. The molecule has 3 amide bonds. The van der Waals surface area contributed by atoms with Gasteiger partial charge < -0.3 is 14.8 Å². The van der Waals surface area contributed by atoms with Gasteiger partial charge in [-0.05, 0) is 68.1 Å². The summed E-state index contributed by atoms with van der Waals surface area (Å²) in [5.41, 5.74) is 0.995. The number of amides is 3. The Morgan fingerprint density at radius 3 is 2.21 bits per heavy atom. The quantitative estimate of drug-likeness (QED) is 0.100. The van der Waals surface area contributed by atoms with Gasteiger partial charge >= 0.3 is 12.3 Å². The lowest BCUT2D eigenvalue weighted by Crippen LogP contribution is -2.40. The summed E-state index contributed by atoms with van der Waals surface area (Å²) in [6.07, 6.45) is -5.20. The van der Waals surface area contributed by atoms with Crippen LogP contribution in [0.15, 0.2) is 89.0 Å². The maximum atomic E-state index is 13.5. The van der Waals surface area contributed by atoms with E-state index in [9.17, 15) is 41.2 Å². The number of halogens is 3. The highest BCUT2D eigenvalue weighted by Crippen LogP contribution is 2.33. The maximum absolute atomic E-state index is 13.5. The first kappa shape index (κ1) is 35.8. The Kier molecular flexibility index (Phi) is 9.88. The van der Waals surface area contributed by atoms with Crippen molar-refractivity contribution < 1.29 is 50.5 Å². The number of aryl methyl sites for hydroxylation is 1. The number of aromatic nitrogens is 2. The molecule has 52 heavy (non-hydrogen) atoms. The van der Waals surface area contributed by atoms with E-state index in [1.807, 2.05) is 11.6 Å². The number of alkyl halides is 3. The largest absolute Gasteiger partial charge is 0.569 e. The molecule has 1 saturated heterocycles. The summed E-state index contributed by atoms with van der Waals surface area (Å²) in [5, 5.41) is 20.8. The first-order valence-electron chi connectivity index (χ1n) is 15.8. The number of rotatable bonds is 10. The Balaban J connectivity index is 0.987. The Morgan fingerprint density at radius 1 is 1.00 bits per heavy atom. The monoisotopic (exact) mass is 741 g/mol. The predicted molar refractivity (Wildman–Crippen MR) is 174 cm³/mol. The van der Waals surface area contributed by atoms with Crippen molar-refractivity contribution in [2.75, 3.05) is 26.4 Å². The van der Waals surface area contributed by atoms with E-state index in [1.165, 1.54) is 29.3 Å². The van der Waals surface area contributed by atoms with Crippen LogP contribution in [0.1, 0.15) is 44.8 Å². The van der Waals surface area contributed by atoms with E-state index in [2.05, 4.69) is 10.4 Å². The third kappa shape index (κ3) is 7.68. The van der Waals surface area contributed by atoms with Gasteiger partial charge in [0.1, 0.15) is 0 Å². The number of hydrogen-bond donors (Lipinski definition) is 1. The molecule has 1 N–H and O–H groups in total. The molecule has 272 valence electrons. The third-order valence-corrected chi connectivity index (χ3v) is 9.76. The second-order valence-corrected chi connectivity index (χ2v) is 13.6. The van der Waals surface area contributed by atoms with Crippen molar-refractivity contribution in [2.45, 2.75) is 30.8 Å². The summed E-state index contributed by atoms with van der Waals surface area (Å²) in [6.45, 7) is 1.51. The third-order valence-electron chi connectivity index (χ3n) is 8.43. The molecule has 19 heteroatoms. The average Bonchev–Trinajstić information content (AvgIpc) is 3.68. The van der Waals surface area contributed by atoms with Crippen molar-refractivity contribution in [3.05, 3.63) is 106 Å². The minimum atomic E-state index is -4.72. The van der Waals surface area contributed by atoms with E-state index in [1.54, 1.807) is 36.4 Å². The van der Waals surface area contributed by atoms with Gasteiger partial charge in [-0.2, -0.15) is 18.3 Å². The average molecular weight is 742 g/mol. The molecule has 4 aromatic rings. The number of piperidine rings is 1. The molecule has 6 rings (SSSR count). The van der Waals surface area contributed by atoms with Gasteiger partial charge in [0.25, 0.3) is 21.8 Å². The van der Waals surface area contributed by atoms with Crippen LogP contribution in [0.25, 0.3) is 16.9 Å². The van der Waals surface area contributed by atoms with Gasteiger partial charge in [-0.3, -0.25) is 9.59 Å². The Hall–Kier alpha value is -5.98. The van der Waals surface area contributed by atoms with Crippen LogP contribution >= 0.6 is 0 Å². The molecule has 3 aromatic carbocycles. The van der Waals surface area contributed by atoms with Crippen LogP contribution in [0, 0.1) is 18.0 Å². The highest BCUT2D eigenvalue weighted by molar-refractivity contribution is 7.90. The molecule has 15 nitrogen and oxygen atoms in total. The molecule has 0 radical (unpaired) electrons. The number of nitrogens with one attached hydrogen (secondary N) is 1. The lowest BCUT2D eigenvalue weighted by Gasteiger charge is -2.27. The van der Waals surface area contributed by atoms with Gasteiger partial charge in [0.2, 0.25) is 12.0 Å². The summed E-state index contributed by atoms with van der Waals surface area (Å²) in [6, 6.07) is 18.7. The Labute approximate surface area is 294 Å². The standard InChI is InChI=1S/C33H30F3N7O8S/c1-21-6-8-23(9-7-21)28-18-29(33(34,35)36)37-42(28)24-10-12-25(13-11-24)52(48,49)38-32(46)50-19-22-14-16-40(17-15-22)43(47)39-51-20-41-30(44)26-4-2-3-5-27(26)31(41)45/h2-13,18,22H,14-17,19-20H2,1H3,(H,38,46). The Bertz CT molecular complexity index is 2100. The highest BCUT2D eigenvalue weighted by Gasteiger charge is 2.37. The molecule has 1 aromatic heterocycles. The van der Waals surface area contributed by atoms with Gasteiger partial charge in [-0.1, -0.05) is 42.0 Å². The van der Waals surface area contributed by atoms with Gasteiger partial charge in [-0.15, -0.1) is 5.01 Å². The molecule has 0 saturated carbocycles. The van der Waals surface area contributed by atoms with Crippen molar-refractivity contribution in [2.24, 2.45) is 11.2 Å². The van der Waals surface area contributed by atoms with Crippen LogP contribution in [-0.4, -0.2) is 77.4 Å². The van der Waals surface area contributed by atoms with Crippen LogP contribution in [0.4, 0.5) is 18.0 Å². The maximum Gasteiger partial charge on any atom is 0.435 e. The fourth-order valence-corrected chi connectivity index (χ4v) is 6.49. The van der Waals surface area contributed by atoms with Crippen molar-refractivity contribution >= 4 is 27.9 Å². The molecule has 0 atom stereocenters. The highest BCUT2D eigenvalue weighted by atomic mass is 32.2. The summed E-state index contributed by atoms with van der Waals surface area (Å²) < 4.78 is 74.4. The first-order valence-corrected chi connectivity index (χ1v) is 17.2. The van der Waals surface area contributed by atoms with E-state index in [0.717, 1.165) is 33.3 Å². The molecule has 0 spiro atoms. The van der Waals surface area contributed by atoms with Gasteiger partial charge in [0, 0.05) is 5.56 Å². The number of carbonyl (C=O) groups is 3. The summed E-state index contributed by atoms with van der Waals surface area (Å²) in [5.74, 6) is -1.34. The molecule has 2 aliphatic rings. The second-order valence-electron chi connectivity index (χ2n) is 12.0. The molecule has 0 aliphatic carbocycles. The van der Waals surface area contributed by atoms with E-state index in [-0.39, 0.29) is 58.0 Å². The lowest BCUT2D eigenvalue weighted by molar-refractivity contribution is -0.713. The van der Waals surface area contributed by atoms with Gasteiger partial charge in [0.15, 0.2) is 5.69 Å². The van der Waals surface area contributed by atoms with E-state index >= 15 is 0 Å². The first-order chi connectivity index (χ1) is 24.7. The van der Waals surface area contributed by atoms with Crippen LogP contribution in [-0.2, 0) is 25.8 Å². The number of hydrazine groups is 1. The number of hydrogen-bond acceptors (Lipinski definition) is 10.